The Kier molecular flexibility index (Phi) is 8.68. The number of amides is 1. The summed E-state index contributed by atoms with van der Waals surface area (Å²) in [5.74, 6) is -0.651. The van der Waals surface area contributed by atoms with E-state index in [2.05, 4.69) is 27.3 Å². The Morgan fingerprint density at radius 3 is 2.57 bits per heavy atom. The molecule has 0 heterocycles. The molecule has 0 radical (unpaired) electrons. The van der Waals surface area contributed by atoms with Crippen LogP contribution in [0.25, 0.3) is 0 Å². The van der Waals surface area contributed by atoms with Gasteiger partial charge < -0.3 is 10.1 Å². The molecule has 0 saturated carbocycles. The van der Waals surface area contributed by atoms with Gasteiger partial charge >= 0.3 is 6.09 Å². The van der Waals surface area contributed by atoms with Gasteiger partial charge in [0.25, 0.3) is 0 Å². The Morgan fingerprint density at radius 1 is 1.27 bits per heavy atom. The summed E-state index contributed by atoms with van der Waals surface area (Å²) in [7, 11) is 0. The molecule has 0 aliphatic rings. The van der Waals surface area contributed by atoms with Crippen molar-refractivity contribution in [2.75, 3.05) is 12.9 Å². The van der Waals surface area contributed by atoms with Crippen molar-refractivity contribution < 1.29 is 18.3 Å². The summed E-state index contributed by atoms with van der Waals surface area (Å²) in [4.78, 5) is 12.5. The number of rotatable bonds is 9. The summed E-state index contributed by atoms with van der Waals surface area (Å²) < 4.78 is 34.1. The van der Waals surface area contributed by atoms with Crippen LogP contribution in [0, 0.1) is 17.1 Å². The molecule has 8 heteroatoms. The molecular weight excluding hydrogens is 474 g/mol. The second-order valence-corrected chi connectivity index (χ2v) is 9.30. The van der Waals surface area contributed by atoms with Crippen molar-refractivity contribution in [3.05, 3.63) is 69.9 Å². The lowest BCUT2D eigenvalue weighted by Gasteiger charge is -2.34. The first-order valence-electron chi connectivity index (χ1n) is 9.24. The number of carbonyl (C=O) groups is 1. The van der Waals surface area contributed by atoms with Gasteiger partial charge in [0.2, 0.25) is 0 Å². The zero-order valence-electron chi connectivity index (χ0n) is 16.8. The largest absolute Gasteiger partial charge is 0.445 e. The van der Waals surface area contributed by atoms with Crippen LogP contribution in [0.2, 0.25) is 0 Å². The minimum atomic E-state index is -1.67. The topological polar surface area (TPSA) is 62.1 Å². The zero-order chi connectivity index (χ0) is 22.2. The second-order valence-electron chi connectivity index (χ2n) is 7.07. The van der Waals surface area contributed by atoms with Crippen LogP contribution >= 0.6 is 27.7 Å². The molecule has 0 aromatic heterocycles. The molecule has 0 saturated heterocycles. The minimum absolute atomic E-state index is 0.00238. The maximum absolute atomic E-state index is 14.7. The normalized spacial score (nSPS) is 14.8. The van der Waals surface area contributed by atoms with Gasteiger partial charge in [-0.1, -0.05) is 46.3 Å². The molecule has 2 rings (SSSR count). The molecule has 4 nitrogen and oxygen atoms in total. The van der Waals surface area contributed by atoms with E-state index in [4.69, 9.17) is 4.74 Å². The van der Waals surface area contributed by atoms with Crippen LogP contribution in [0.15, 0.2) is 53.0 Å². The Hall–Kier alpha value is -2.11. The smallest absolute Gasteiger partial charge is 0.408 e. The van der Waals surface area contributed by atoms with Crippen molar-refractivity contribution in [3.63, 3.8) is 0 Å². The van der Waals surface area contributed by atoms with Crippen LogP contribution in [0.1, 0.15) is 30.9 Å². The zero-order valence-corrected chi connectivity index (χ0v) is 19.2. The van der Waals surface area contributed by atoms with Crippen LogP contribution in [0.5, 0.6) is 0 Å². The number of ether oxygens (including phenoxy) is 1. The van der Waals surface area contributed by atoms with Crippen LogP contribution in [-0.4, -0.2) is 23.8 Å². The fraction of sp³-hybridized carbons (Fsp3) is 0.364. The van der Waals surface area contributed by atoms with Gasteiger partial charge in [-0.05, 0) is 49.8 Å². The van der Waals surface area contributed by atoms with E-state index >= 15 is 0 Å². The highest BCUT2D eigenvalue weighted by Crippen LogP contribution is 2.37. The van der Waals surface area contributed by atoms with E-state index in [-0.39, 0.29) is 25.0 Å². The standard InChI is InChI=1S/C22H23BrF2N2O2S/c1-21(15-26,30-2)10-11-22(14-24,18-12-17(23)8-9-19(18)25)27-20(28)29-13-16-6-4-3-5-7-16/h3-9,12H,10-11,13-14H2,1-2H3,(H,27,28)/t21?,22-/m1/s1. The molecule has 160 valence electrons. The average molecular weight is 497 g/mol. The number of nitriles is 1. The summed E-state index contributed by atoms with van der Waals surface area (Å²) in [5.41, 5.74) is -0.904. The van der Waals surface area contributed by atoms with Crippen molar-refractivity contribution in [1.82, 2.24) is 5.32 Å². The Labute approximate surface area is 188 Å². The van der Waals surface area contributed by atoms with Gasteiger partial charge in [-0.15, -0.1) is 11.8 Å². The van der Waals surface area contributed by atoms with E-state index in [1.165, 1.54) is 30.0 Å². The molecule has 0 spiro atoms. The number of nitrogens with one attached hydrogen (secondary N) is 1. The highest BCUT2D eigenvalue weighted by Gasteiger charge is 2.39. The number of alkyl halides is 1. The van der Waals surface area contributed by atoms with E-state index in [1.807, 2.05) is 18.2 Å². The van der Waals surface area contributed by atoms with Crippen LogP contribution in [-0.2, 0) is 16.9 Å². The lowest BCUT2D eigenvalue weighted by molar-refractivity contribution is 0.115. The van der Waals surface area contributed by atoms with E-state index in [0.717, 1.165) is 5.56 Å². The van der Waals surface area contributed by atoms with Gasteiger partial charge in [0, 0.05) is 10.0 Å². The second kappa shape index (κ2) is 10.8. The number of nitrogens with zero attached hydrogens (tertiary/aromatic N) is 1. The van der Waals surface area contributed by atoms with E-state index in [9.17, 15) is 18.8 Å². The maximum Gasteiger partial charge on any atom is 0.408 e. The monoisotopic (exact) mass is 496 g/mol. The number of carbonyl (C=O) groups excluding carboxylic acids is 1. The number of alkyl carbamates (subject to hydrolysis) is 1. The predicted molar refractivity (Wildman–Crippen MR) is 118 cm³/mol. The number of hydrogen-bond donors (Lipinski definition) is 1. The molecule has 0 aliphatic carbocycles. The molecule has 0 bridgehead atoms. The van der Waals surface area contributed by atoms with Gasteiger partial charge in [0.15, 0.2) is 0 Å². The Morgan fingerprint density at radius 2 is 1.97 bits per heavy atom. The van der Waals surface area contributed by atoms with E-state index in [1.54, 1.807) is 25.3 Å². The average Bonchev–Trinajstić information content (AvgIpc) is 2.77. The molecule has 30 heavy (non-hydrogen) atoms. The van der Waals surface area contributed by atoms with Crippen molar-refractivity contribution in [2.24, 2.45) is 0 Å². The SMILES string of the molecule is CSC(C)(C#N)CC[C@](CF)(NC(=O)OCc1ccccc1)c1cc(Br)ccc1F. The van der Waals surface area contributed by atoms with Crippen molar-refractivity contribution in [2.45, 2.75) is 36.7 Å². The number of benzene rings is 2. The van der Waals surface area contributed by atoms with Gasteiger partial charge in [0.1, 0.15) is 19.1 Å². The van der Waals surface area contributed by atoms with Crippen LogP contribution in [0.3, 0.4) is 0 Å². The van der Waals surface area contributed by atoms with Crippen molar-refractivity contribution >= 4 is 33.8 Å². The fourth-order valence-electron chi connectivity index (χ4n) is 2.91. The third kappa shape index (κ3) is 6.19. The van der Waals surface area contributed by atoms with Crippen molar-refractivity contribution in [1.29, 1.82) is 5.26 Å². The van der Waals surface area contributed by atoms with Crippen molar-refractivity contribution in [3.8, 4) is 6.07 Å². The molecule has 1 amide bonds. The number of halogens is 3. The molecule has 1 N–H and O–H groups in total. The van der Waals surface area contributed by atoms with E-state index < -0.39 is 28.9 Å². The van der Waals surface area contributed by atoms with Crippen LogP contribution < -0.4 is 5.32 Å². The molecular formula is C22H23BrF2N2O2S. The number of thioether (sulfide) groups is 1. The maximum atomic E-state index is 14.7. The first kappa shape index (κ1) is 24.2. The summed E-state index contributed by atoms with van der Waals surface area (Å²) >= 11 is 4.60. The Bertz CT molecular complexity index is 910. The molecule has 2 atom stereocenters. The first-order valence-corrected chi connectivity index (χ1v) is 11.3. The van der Waals surface area contributed by atoms with E-state index in [0.29, 0.717) is 4.47 Å². The molecule has 2 aromatic carbocycles. The Balaban J connectivity index is 2.30. The lowest BCUT2D eigenvalue weighted by Crippen LogP contribution is -2.49. The minimum Gasteiger partial charge on any atom is -0.445 e. The summed E-state index contributed by atoms with van der Waals surface area (Å²) in [6, 6.07) is 15.4. The highest BCUT2D eigenvalue weighted by atomic mass is 79.9. The molecule has 0 aliphatic heterocycles. The van der Waals surface area contributed by atoms with Gasteiger partial charge in [-0.25, -0.2) is 13.6 Å². The summed E-state index contributed by atoms with van der Waals surface area (Å²) in [5, 5.41) is 12.0. The fourth-order valence-corrected chi connectivity index (χ4v) is 3.67. The first-order chi connectivity index (χ1) is 14.3. The molecule has 1 unspecified atom stereocenters. The lowest BCUT2D eigenvalue weighted by atomic mass is 9.84. The summed E-state index contributed by atoms with van der Waals surface area (Å²) in [6.07, 6.45) is 1.17. The summed E-state index contributed by atoms with van der Waals surface area (Å²) in [6.45, 7) is 0.666. The quantitative estimate of drug-likeness (QED) is 0.455. The molecule has 2 aromatic rings. The van der Waals surface area contributed by atoms with Crippen LogP contribution in [0.4, 0.5) is 13.6 Å². The predicted octanol–water partition coefficient (Wildman–Crippen LogP) is 6.10. The molecule has 0 fully saturated rings. The third-order valence-electron chi connectivity index (χ3n) is 4.94. The van der Waals surface area contributed by atoms with Gasteiger partial charge in [0.05, 0.1) is 16.4 Å². The highest BCUT2D eigenvalue weighted by molar-refractivity contribution is 9.10. The number of hydrogen-bond acceptors (Lipinski definition) is 4. The van der Waals surface area contributed by atoms with Gasteiger partial charge in [-0.3, -0.25) is 0 Å². The van der Waals surface area contributed by atoms with Gasteiger partial charge in [-0.2, -0.15) is 5.26 Å². The third-order valence-corrected chi connectivity index (χ3v) is 6.63.